The SMILES string of the molecule is COC(=O)CC(c1ccc(OC)c(O)c1)c1c(Cc2ccc3c(c2)CCO3)[nH][nH]c1=O. The predicted octanol–water partition coefficient (Wildman–Crippen LogP) is 2.64. The second kappa shape index (κ2) is 8.59. The number of methoxy groups -OCH3 is 2. The van der Waals surface area contributed by atoms with Gasteiger partial charge in [-0.2, -0.15) is 0 Å². The number of esters is 1. The third kappa shape index (κ3) is 4.14. The van der Waals surface area contributed by atoms with Gasteiger partial charge in [-0.3, -0.25) is 14.7 Å². The van der Waals surface area contributed by atoms with Gasteiger partial charge in [-0.15, -0.1) is 0 Å². The predicted molar refractivity (Wildman–Crippen MR) is 113 cm³/mol. The van der Waals surface area contributed by atoms with Crippen molar-refractivity contribution in [2.75, 3.05) is 20.8 Å². The topological polar surface area (TPSA) is 114 Å². The van der Waals surface area contributed by atoms with E-state index in [1.165, 1.54) is 20.3 Å². The number of H-pyrrole nitrogens is 2. The largest absolute Gasteiger partial charge is 0.504 e. The van der Waals surface area contributed by atoms with E-state index in [9.17, 15) is 14.7 Å². The van der Waals surface area contributed by atoms with Crippen LogP contribution in [0.15, 0.2) is 41.2 Å². The van der Waals surface area contributed by atoms with Crippen molar-refractivity contribution in [1.82, 2.24) is 10.2 Å². The number of ether oxygens (including phenoxy) is 3. The van der Waals surface area contributed by atoms with Crippen LogP contribution in [0.4, 0.5) is 0 Å². The van der Waals surface area contributed by atoms with Gasteiger partial charge in [-0.05, 0) is 34.9 Å². The van der Waals surface area contributed by atoms with E-state index >= 15 is 0 Å². The molecule has 8 heteroatoms. The zero-order valence-electron chi connectivity index (χ0n) is 17.4. The maximum absolute atomic E-state index is 12.8. The van der Waals surface area contributed by atoms with Crippen LogP contribution < -0.4 is 15.0 Å². The molecular formula is C23H24N2O6. The van der Waals surface area contributed by atoms with E-state index in [0.29, 0.717) is 35.6 Å². The summed E-state index contributed by atoms with van der Waals surface area (Å²) in [5.41, 5.74) is 3.57. The smallest absolute Gasteiger partial charge is 0.306 e. The van der Waals surface area contributed by atoms with E-state index < -0.39 is 11.9 Å². The Hall–Kier alpha value is -3.68. The van der Waals surface area contributed by atoms with E-state index in [-0.39, 0.29) is 17.7 Å². The number of nitrogens with one attached hydrogen (secondary N) is 2. The minimum absolute atomic E-state index is 0.0474. The average molecular weight is 424 g/mol. The highest BCUT2D eigenvalue weighted by molar-refractivity contribution is 5.71. The van der Waals surface area contributed by atoms with E-state index in [1.54, 1.807) is 12.1 Å². The lowest BCUT2D eigenvalue weighted by Crippen LogP contribution is -2.18. The van der Waals surface area contributed by atoms with Gasteiger partial charge in [-0.1, -0.05) is 18.2 Å². The first-order valence-electron chi connectivity index (χ1n) is 9.98. The van der Waals surface area contributed by atoms with Crippen molar-refractivity contribution in [2.24, 2.45) is 0 Å². The van der Waals surface area contributed by atoms with Gasteiger partial charge in [0.25, 0.3) is 5.56 Å². The molecule has 1 unspecified atom stereocenters. The third-order valence-electron chi connectivity index (χ3n) is 5.58. The molecule has 3 N–H and O–H groups in total. The number of aromatic amines is 2. The zero-order valence-corrected chi connectivity index (χ0v) is 17.4. The van der Waals surface area contributed by atoms with Crippen LogP contribution in [0.25, 0.3) is 0 Å². The molecule has 0 saturated heterocycles. The van der Waals surface area contributed by atoms with Crippen LogP contribution in [0.1, 0.15) is 40.3 Å². The Bertz CT molecular complexity index is 1160. The second-order valence-electron chi connectivity index (χ2n) is 7.45. The van der Waals surface area contributed by atoms with Crippen LogP contribution in [-0.4, -0.2) is 42.1 Å². The number of aromatic hydroxyl groups is 1. The van der Waals surface area contributed by atoms with Gasteiger partial charge in [0.2, 0.25) is 0 Å². The fourth-order valence-corrected chi connectivity index (χ4v) is 4.03. The molecule has 0 amide bonds. The maximum Gasteiger partial charge on any atom is 0.306 e. The summed E-state index contributed by atoms with van der Waals surface area (Å²) < 4.78 is 15.5. The summed E-state index contributed by atoms with van der Waals surface area (Å²) in [5, 5.41) is 15.9. The Morgan fingerprint density at radius 2 is 2.03 bits per heavy atom. The lowest BCUT2D eigenvalue weighted by molar-refractivity contribution is -0.140. The van der Waals surface area contributed by atoms with Crippen LogP contribution >= 0.6 is 0 Å². The van der Waals surface area contributed by atoms with Gasteiger partial charge in [0, 0.05) is 30.0 Å². The number of phenolic OH excluding ortho intramolecular Hbond substituents is 1. The monoisotopic (exact) mass is 424 g/mol. The number of hydrogen-bond acceptors (Lipinski definition) is 6. The van der Waals surface area contributed by atoms with E-state index in [4.69, 9.17) is 14.2 Å². The standard InChI is InChI=1S/C23H24N2O6/c1-29-20-6-4-14(11-18(20)26)16(12-21(27)30-2)22-17(24-25-23(22)28)10-13-3-5-19-15(9-13)7-8-31-19/h3-6,9,11,16,26H,7-8,10,12H2,1-2H3,(H2,24,25,28). The quantitative estimate of drug-likeness (QED) is 0.503. The Morgan fingerprint density at radius 1 is 1.19 bits per heavy atom. The molecule has 4 rings (SSSR count). The molecule has 2 heterocycles. The minimum atomic E-state index is -0.605. The molecule has 1 aliphatic heterocycles. The number of phenols is 1. The van der Waals surface area contributed by atoms with E-state index in [1.807, 2.05) is 12.1 Å². The fourth-order valence-electron chi connectivity index (χ4n) is 4.03. The number of fused-ring (bicyclic) bond motifs is 1. The van der Waals surface area contributed by atoms with Crippen LogP contribution in [0.2, 0.25) is 0 Å². The summed E-state index contributed by atoms with van der Waals surface area (Å²) >= 11 is 0. The van der Waals surface area contributed by atoms with Crippen LogP contribution in [0.5, 0.6) is 17.2 Å². The van der Waals surface area contributed by atoms with Crippen molar-refractivity contribution >= 4 is 5.97 Å². The number of carbonyl (C=O) groups excluding carboxylic acids is 1. The van der Waals surface area contributed by atoms with Crippen molar-refractivity contribution in [3.05, 3.63) is 74.7 Å². The van der Waals surface area contributed by atoms with Crippen LogP contribution in [-0.2, 0) is 22.4 Å². The first kappa shape index (κ1) is 20.6. The molecule has 0 spiro atoms. The Labute approximate surface area is 178 Å². The molecule has 0 saturated carbocycles. The third-order valence-corrected chi connectivity index (χ3v) is 5.58. The first-order valence-corrected chi connectivity index (χ1v) is 9.98. The summed E-state index contributed by atoms with van der Waals surface area (Å²) in [5.74, 6) is 0.0727. The summed E-state index contributed by atoms with van der Waals surface area (Å²) in [4.78, 5) is 24.9. The highest BCUT2D eigenvalue weighted by Gasteiger charge is 2.27. The molecule has 0 bridgehead atoms. The highest BCUT2D eigenvalue weighted by Crippen LogP contribution is 2.35. The molecule has 8 nitrogen and oxygen atoms in total. The van der Waals surface area contributed by atoms with Gasteiger partial charge in [0.05, 0.1) is 27.2 Å². The Morgan fingerprint density at radius 3 is 2.77 bits per heavy atom. The molecule has 1 aromatic heterocycles. The van der Waals surface area contributed by atoms with Gasteiger partial charge in [-0.25, -0.2) is 0 Å². The zero-order chi connectivity index (χ0) is 22.0. The molecule has 1 aliphatic rings. The average Bonchev–Trinajstić information content (AvgIpc) is 3.38. The van der Waals surface area contributed by atoms with Crippen molar-refractivity contribution in [1.29, 1.82) is 0 Å². The molecule has 31 heavy (non-hydrogen) atoms. The van der Waals surface area contributed by atoms with Gasteiger partial charge < -0.3 is 24.4 Å². The van der Waals surface area contributed by atoms with Crippen molar-refractivity contribution < 1.29 is 24.1 Å². The van der Waals surface area contributed by atoms with Crippen molar-refractivity contribution in [2.45, 2.75) is 25.2 Å². The summed E-state index contributed by atoms with van der Waals surface area (Å²) in [6.07, 6.45) is 1.28. The number of carbonyl (C=O) groups is 1. The summed E-state index contributed by atoms with van der Waals surface area (Å²) in [6, 6.07) is 10.8. The molecular weight excluding hydrogens is 400 g/mol. The van der Waals surface area contributed by atoms with Gasteiger partial charge in [0.1, 0.15) is 5.75 Å². The lowest BCUT2D eigenvalue weighted by Gasteiger charge is -2.17. The number of rotatable bonds is 7. The van der Waals surface area contributed by atoms with Crippen LogP contribution in [0.3, 0.4) is 0 Å². The maximum atomic E-state index is 12.8. The lowest BCUT2D eigenvalue weighted by atomic mass is 9.87. The molecule has 3 aromatic rings. The Kier molecular flexibility index (Phi) is 5.70. The van der Waals surface area contributed by atoms with E-state index in [0.717, 1.165) is 23.3 Å². The molecule has 162 valence electrons. The van der Waals surface area contributed by atoms with Crippen molar-refractivity contribution in [3.8, 4) is 17.2 Å². The molecule has 1 atom stereocenters. The molecule has 0 fully saturated rings. The number of aromatic nitrogens is 2. The van der Waals surface area contributed by atoms with E-state index in [2.05, 4.69) is 16.3 Å². The van der Waals surface area contributed by atoms with Crippen molar-refractivity contribution in [3.63, 3.8) is 0 Å². The normalized spacial score (nSPS) is 13.4. The minimum Gasteiger partial charge on any atom is -0.504 e. The van der Waals surface area contributed by atoms with Gasteiger partial charge in [0.15, 0.2) is 11.5 Å². The Balaban J connectivity index is 1.73. The van der Waals surface area contributed by atoms with Gasteiger partial charge >= 0.3 is 5.97 Å². The summed E-state index contributed by atoms with van der Waals surface area (Å²) in [7, 11) is 2.76. The van der Waals surface area contributed by atoms with Crippen LogP contribution in [0, 0.1) is 0 Å². The first-order chi connectivity index (χ1) is 15.0. The molecule has 2 aromatic carbocycles. The second-order valence-corrected chi connectivity index (χ2v) is 7.45. The summed E-state index contributed by atoms with van der Waals surface area (Å²) in [6.45, 7) is 0.674. The highest BCUT2D eigenvalue weighted by atomic mass is 16.5. The molecule has 0 aliphatic carbocycles. The fraction of sp³-hybridized carbons (Fsp3) is 0.304. The number of benzene rings is 2. The molecule has 0 radical (unpaired) electrons. The number of hydrogen-bond donors (Lipinski definition) is 3.